The van der Waals surface area contributed by atoms with Crippen LogP contribution < -0.4 is 10.6 Å². The Kier molecular flexibility index (Phi) is 6.70. The summed E-state index contributed by atoms with van der Waals surface area (Å²) >= 11 is 0. The minimum absolute atomic E-state index is 0.0234. The maximum absolute atomic E-state index is 11.8. The molecule has 1 aromatic carbocycles. The van der Waals surface area contributed by atoms with Crippen molar-refractivity contribution in [1.82, 2.24) is 10.6 Å². The smallest absolute Gasteiger partial charge is 0.234 e. The first kappa shape index (κ1) is 15.3. The molecule has 0 saturated carbocycles. The van der Waals surface area contributed by atoms with E-state index in [0.29, 0.717) is 12.5 Å². The van der Waals surface area contributed by atoms with Crippen LogP contribution in [-0.4, -0.2) is 19.0 Å². The van der Waals surface area contributed by atoms with Gasteiger partial charge in [0.05, 0.1) is 19.1 Å². The lowest BCUT2D eigenvalue weighted by atomic mass is 9.97. The normalized spacial score (nSPS) is 11.9. The van der Waals surface area contributed by atoms with Crippen molar-refractivity contribution in [1.29, 1.82) is 0 Å². The molecule has 0 aliphatic heterocycles. The molecule has 0 bridgehead atoms. The van der Waals surface area contributed by atoms with E-state index in [1.54, 1.807) is 0 Å². The van der Waals surface area contributed by atoms with Gasteiger partial charge in [0.15, 0.2) is 0 Å². The minimum atomic E-state index is -0.0234. The second-order valence-corrected chi connectivity index (χ2v) is 4.97. The monoisotopic (exact) mass is 258 g/mol. The number of terminal acetylenes is 1. The summed E-state index contributed by atoms with van der Waals surface area (Å²) in [6, 6.07) is 10.1. The molecule has 1 unspecified atom stereocenters. The molecule has 1 aromatic rings. The van der Waals surface area contributed by atoms with Gasteiger partial charge in [0.1, 0.15) is 0 Å². The lowest BCUT2D eigenvalue weighted by Crippen LogP contribution is -2.36. The van der Waals surface area contributed by atoms with Crippen molar-refractivity contribution in [2.24, 2.45) is 5.92 Å². The van der Waals surface area contributed by atoms with Crippen LogP contribution in [0.5, 0.6) is 0 Å². The first-order valence-electron chi connectivity index (χ1n) is 6.62. The number of nitrogens with one attached hydrogen (secondary N) is 2. The highest BCUT2D eigenvalue weighted by atomic mass is 16.1. The lowest BCUT2D eigenvalue weighted by molar-refractivity contribution is -0.121. The Balaban J connectivity index is 2.60. The Bertz CT molecular complexity index is 420. The number of carbonyl (C=O) groups is 1. The summed E-state index contributed by atoms with van der Waals surface area (Å²) in [6.45, 7) is 4.97. The van der Waals surface area contributed by atoms with E-state index in [1.807, 2.05) is 30.3 Å². The molecule has 102 valence electrons. The van der Waals surface area contributed by atoms with Gasteiger partial charge < -0.3 is 5.32 Å². The third-order valence-corrected chi connectivity index (χ3v) is 2.76. The fourth-order valence-electron chi connectivity index (χ4n) is 1.93. The van der Waals surface area contributed by atoms with Crippen LogP contribution in [0, 0.1) is 18.3 Å². The first-order chi connectivity index (χ1) is 9.13. The van der Waals surface area contributed by atoms with Gasteiger partial charge >= 0.3 is 0 Å². The maximum atomic E-state index is 11.8. The van der Waals surface area contributed by atoms with Gasteiger partial charge in [-0.05, 0) is 17.9 Å². The van der Waals surface area contributed by atoms with E-state index in [2.05, 4.69) is 30.4 Å². The van der Waals surface area contributed by atoms with Crippen LogP contribution in [0.1, 0.15) is 31.9 Å². The first-order valence-corrected chi connectivity index (χ1v) is 6.62. The summed E-state index contributed by atoms with van der Waals surface area (Å²) in [7, 11) is 0. The number of rotatable bonds is 7. The van der Waals surface area contributed by atoms with Gasteiger partial charge in [0.25, 0.3) is 0 Å². The van der Waals surface area contributed by atoms with E-state index in [1.165, 1.54) is 0 Å². The van der Waals surface area contributed by atoms with Gasteiger partial charge in [-0.2, -0.15) is 0 Å². The Morgan fingerprint density at radius 2 is 2.00 bits per heavy atom. The van der Waals surface area contributed by atoms with Crippen molar-refractivity contribution < 1.29 is 4.79 Å². The molecule has 1 amide bonds. The molecule has 3 heteroatoms. The third kappa shape index (κ3) is 6.08. The van der Waals surface area contributed by atoms with Gasteiger partial charge in [-0.3, -0.25) is 10.1 Å². The predicted molar refractivity (Wildman–Crippen MR) is 78.5 cm³/mol. The molecule has 0 aliphatic carbocycles. The Labute approximate surface area is 115 Å². The Morgan fingerprint density at radius 3 is 2.58 bits per heavy atom. The fourth-order valence-corrected chi connectivity index (χ4v) is 1.93. The molecule has 0 radical (unpaired) electrons. The molecule has 0 aliphatic rings. The second-order valence-electron chi connectivity index (χ2n) is 4.97. The van der Waals surface area contributed by atoms with E-state index in [0.717, 1.165) is 12.0 Å². The highest BCUT2D eigenvalue weighted by Crippen LogP contribution is 2.20. The highest BCUT2D eigenvalue weighted by Gasteiger charge is 2.15. The SMILES string of the molecule is C#CCNCC(=O)NC(CC(C)C)c1ccccc1. The number of hydrogen-bond donors (Lipinski definition) is 2. The summed E-state index contributed by atoms with van der Waals surface area (Å²) in [5, 5.41) is 5.95. The van der Waals surface area contributed by atoms with E-state index < -0.39 is 0 Å². The van der Waals surface area contributed by atoms with Crippen molar-refractivity contribution in [2.45, 2.75) is 26.3 Å². The molecule has 0 aromatic heterocycles. The van der Waals surface area contributed by atoms with E-state index >= 15 is 0 Å². The summed E-state index contributed by atoms with van der Waals surface area (Å²) in [6.07, 6.45) is 6.05. The van der Waals surface area contributed by atoms with Crippen molar-refractivity contribution in [3.05, 3.63) is 35.9 Å². The molecule has 0 saturated heterocycles. The third-order valence-electron chi connectivity index (χ3n) is 2.76. The summed E-state index contributed by atoms with van der Waals surface area (Å²) < 4.78 is 0. The van der Waals surface area contributed by atoms with Gasteiger partial charge in [-0.15, -0.1) is 6.42 Å². The summed E-state index contributed by atoms with van der Waals surface area (Å²) in [5.41, 5.74) is 1.14. The predicted octanol–water partition coefficient (Wildman–Crippen LogP) is 2.11. The van der Waals surface area contributed by atoms with Gasteiger partial charge in [-0.25, -0.2) is 0 Å². The van der Waals surface area contributed by atoms with Crippen LogP contribution in [0.3, 0.4) is 0 Å². The number of hydrogen-bond acceptors (Lipinski definition) is 2. The van der Waals surface area contributed by atoms with Gasteiger partial charge in [0.2, 0.25) is 5.91 Å². The number of amides is 1. The number of benzene rings is 1. The molecule has 1 rings (SSSR count). The lowest BCUT2D eigenvalue weighted by Gasteiger charge is -2.21. The average molecular weight is 258 g/mol. The largest absolute Gasteiger partial charge is 0.348 e. The zero-order valence-electron chi connectivity index (χ0n) is 11.6. The van der Waals surface area contributed by atoms with Gasteiger partial charge in [-0.1, -0.05) is 50.1 Å². The van der Waals surface area contributed by atoms with Crippen molar-refractivity contribution >= 4 is 5.91 Å². The fraction of sp³-hybridized carbons (Fsp3) is 0.438. The van der Waals surface area contributed by atoms with Crippen molar-refractivity contribution in [3.63, 3.8) is 0 Å². The van der Waals surface area contributed by atoms with Crippen molar-refractivity contribution in [2.75, 3.05) is 13.1 Å². The van der Waals surface area contributed by atoms with E-state index in [4.69, 9.17) is 6.42 Å². The second kappa shape index (κ2) is 8.34. The number of carbonyl (C=O) groups excluding carboxylic acids is 1. The van der Waals surface area contributed by atoms with Crippen LogP contribution in [0.15, 0.2) is 30.3 Å². The summed E-state index contributed by atoms with van der Waals surface area (Å²) in [4.78, 5) is 11.8. The van der Waals surface area contributed by atoms with Crippen LogP contribution in [0.25, 0.3) is 0 Å². The van der Waals surface area contributed by atoms with Crippen LogP contribution in [0.2, 0.25) is 0 Å². The van der Waals surface area contributed by atoms with Crippen LogP contribution in [-0.2, 0) is 4.79 Å². The Morgan fingerprint density at radius 1 is 1.32 bits per heavy atom. The molecular formula is C16H22N2O. The zero-order valence-corrected chi connectivity index (χ0v) is 11.6. The minimum Gasteiger partial charge on any atom is -0.348 e. The molecule has 0 spiro atoms. The molecule has 2 N–H and O–H groups in total. The summed E-state index contributed by atoms with van der Waals surface area (Å²) in [5.74, 6) is 2.94. The van der Waals surface area contributed by atoms with E-state index in [-0.39, 0.29) is 18.5 Å². The maximum Gasteiger partial charge on any atom is 0.234 e. The molecule has 1 atom stereocenters. The molecular weight excluding hydrogens is 236 g/mol. The molecule has 19 heavy (non-hydrogen) atoms. The molecule has 0 fully saturated rings. The van der Waals surface area contributed by atoms with Gasteiger partial charge in [0, 0.05) is 0 Å². The van der Waals surface area contributed by atoms with E-state index in [9.17, 15) is 4.79 Å². The highest BCUT2D eigenvalue weighted by molar-refractivity contribution is 5.78. The molecule has 3 nitrogen and oxygen atoms in total. The Hall–Kier alpha value is -1.79. The quantitative estimate of drug-likeness (QED) is 0.581. The van der Waals surface area contributed by atoms with Crippen LogP contribution >= 0.6 is 0 Å². The average Bonchev–Trinajstić information content (AvgIpc) is 2.39. The molecule has 0 heterocycles. The zero-order chi connectivity index (χ0) is 14.1. The van der Waals surface area contributed by atoms with Crippen LogP contribution in [0.4, 0.5) is 0 Å². The standard InChI is InChI=1S/C16H22N2O/c1-4-10-17-12-16(19)18-15(11-13(2)3)14-8-6-5-7-9-14/h1,5-9,13,15,17H,10-12H2,2-3H3,(H,18,19). The van der Waals surface area contributed by atoms with Crippen molar-refractivity contribution in [3.8, 4) is 12.3 Å². The topological polar surface area (TPSA) is 41.1 Å².